The van der Waals surface area contributed by atoms with Crippen LogP contribution in [0.3, 0.4) is 0 Å². The van der Waals surface area contributed by atoms with Crippen LogP contribution in [-0.2, 0) is 0 Å². The molecule has 0 atom stereocenters. The summed E-state index contributed by atoms with van der Waals surface area (Å²) < 4.78 is 14.3. The molecule has 3 rings (SSSR count). The van der Waals surface area contributed by atoms with Crippen LogP contribution in [0.2, 0.25) is 0 Å². The Morgan fingerprint density at radius 1 is 1.04 bits per heavy atom. The maximum atomic E-state index is 13.1. The maximum Gasteiger partial charge on any atom is 0.271 e. The topological polar surface area (TPSA) is 52.0 Å². The summed E-state index contributed by atoms with van der Waals surface area (Å²) in [5, 5.41) is 4.39. The van der Waals surface area contributed by atoms with Gasteiger partial charge >= 0.3 is 0 Å². The lowest BCUT2D eigenvalue weighted by atomic mass is 10.1. The van der Waals surface area contributed by atoms with Crippen molar-refractivity contribution < 1.29 is 9.18 Å². The second-order valence-electron chi connectivity index (χ2n) is 5.14. The molecule has 0 N–H and O–H groups in total. The molecular weight excluding hydrogens is 295 g/mol. The molecule has 0 saturated carbocycles. The number of aldehydes is 1. The van der Waals surface area contributed by atoms with Crippen LogP contribution in [0.5, 0.6) is 0 Å². The number of nitrogens with zero attached hydrogens (tertiary/aromatic N) is 2. The molecule has 0 aliphatic heterocycles. The molecule has 0 amide bonds. The van der Waals surface area contributed by atoms with E-state index < -0.39 is 0 Å². The van der Waals surface area contributed by atoms with E-state index in [2.05, 4.69) is 5.10 Å². The fourth-order valence-corrected chi connectivity index (χ4v) is 2.32. The van der Waals surface area contributed by atoms with Crippen molar-refractivity contribution in [2.24, 2.45) is 0 Å². The number of benzene rings is 2. The van der Waals surface area contributed by atoms with Crippen LogP contribution in [0.25, 0.3) is 16.9 Å². The highest BCUT2D eigenvalue weighted by Crippen LogP contribution is 2.20. The van der Waals surface area contributed by atoms with Crippen LogP contribution in [0.15, 0.2) is 59.4 Å². The molecule has 4 nitrogen and oxygen atoms in total. The zero-order valence-electron chi connectivity index (χ0n) is 12.4. The van der Waals surface area contributed by atoms with Crippen LogP contribution >= 0.6 is 0 Å². The first-order valence-electron chi connectivity index (χ1n) is 7.01. The van der Waals surface area contributed by atoms with Crippen LogP contribution in [0.1, 0.15) is 15.9 Å². The minimum atomic E-state index is -0.329. The van der Waals surface area contributed by atoms with Crippen molar-refractivity contribution in [1.82, 2.24) is 9.78 Å². The number of aromatic nitrogens is 2. The van der Waals surface area contributed by atoms with E-state index in [0.717, 1.165) is 11.8 Å². The molecule has 0 radical (unpaired) electrons. The fourth-order valence-electron chi connectivity index (χ4n) is 2.32. The van der Waals surface area contributed by atoms with Crippen molar-refractivity contribution >= 4 is 6.29 Å². The lowest BCUT2D eigenvalue weighted by molar-refractivity contribution is 0.112. The molecule has 0 saturated heterocycles. The molecule has 0 bridgehead atoms. The van der Waals surface area contributed by atoms with Gasteiger partial charge in [0.05, 0.1) is 11.4 Å². The molecule has 0 aliphatic rings. The standard InChI is InChI=1S/C18H13FN2O2/c1-12-10-17(23)21(16-8-2-13(11-22)3-9-16)20-18(12)14-4-6-15(19)7-5-14/h2-11H,1H3. The Balaban J connectivity index is 2.14. The zero-order valence-corrected chi connectivity index (χ0v) is 12.4. The van der Waals surface area contributed by atoms with Crippen molar-refractivity contribution in [3.05, 3.63) is 81.9 Å². The molecule has 0 aliphatic carbocycles. The van der Waals surface area contributed by atoms with Crippen LogP contribution in [-0.4, -0.2) is 16.1 Å². The molecule has 5 heteroatoms. The number of aryl methyl sites for hydroxylation is 1. The van der Waals surface area contributed by atoms with Crippen molar-refractivity contribution in [3.63, 3.8) is 0 Å². The van der Waals surface area contributed by atoms with E-state index >= 15 is 0 Å². The molecular formula is C18H13FN2O2. The summed E-state index contributed by atoms with van der Waals surface area (Å²) in [6.45, 7) is 1.78. The molecule has 2 aromatic carbocycles. The van der Waals surface area contributed by atoms with Gasteiger partial charge in [0.15, 0.2) is 0 Å². The van der Waals surface area contributed by atoms with Crippen molar-refractivity contribution in [1.29, 1.82) is 0 Å². The first-order chi connectivity index (χ1) is 11.1. The van der Waals surface area contributed by atoms with E-state index in [1.165, 1.54) is 22.9 Å². The van der Waals surface area contributed by atoms with Crippen molar-refractivity contribution in [2.45, 2.75) is 6.92 Å². The Bertz CT molecular complexity index is 913. The van der Waals surface area contributed by atoms with Gasteiger partial charge in [-0.25, -0.2) is 4.39 Å². The highest BCUT2D eigenvalue weighted by Gasteiger charge is 2.09. The molecule has 1 heterocycles. The number of hydrogen-bond donors (Lipinski definition) is 0. The third-order valence-electron chi connectivity index (χ3n) is 3.51. The zero-order chi connectivity index (χ0) is 16.4. The predicted octanol–water partition coefficient (Wildman–Crippen LogP) is 3.16. The fraction of sp³-hybridized carbons (Fsp3) is 0.0556. The Hall–Kier alpha value is -3.08. The third kappa shape index (κ3) is 2.94. The van der Waals surface area contributed by atoms with Gasteiger partial charge in [0.25, 0.3) is 5.56 Å². The predicted molar refractivity (Wildman–Crippen MR) is 85.4 cm³/mol. The van der Waals surface area contributed by atoms with E-state index in [4.69, 9.17) is 0 Å². The van der Waals surface area contributed by atoms with Crippen molar-refractivity contribution in [2.75, 3.05) is 0 Å². The summed E-state index contributed by atoms with van der Waals surface area (Å²) >= 11 is 0. The Kier molecular flexibility index (Phi) is 3.85. The van der Waals surface area contributed by atoms with Crippen LogP contribution < -0.4 is 5.56 Å². The van der Waals surface area contributed by atoms with E-state index in [1.807, 2.05) is 0 Å². The minimum Gasteiger partial charge on any atom is -0.298 e. The highest BCUT2D eigenvalue weighted by atomic mass is 19.1. The Morgan fingerprint density at radius 2 is 1.70 bits per heavy atom. The molecule has 0 unspecified atom stereocenters. The highest BCUT2D eigenvalue weighted by molar-refractivity contribution is 5.75. The summed E-state index contributed by atoms with van der Waals surface area (Å²) in [5.74, 6) is -0.329. The first kappa shape index (κ1) is 14.8. The summed E-state index contributed by atoms with van der Waals surface area (Å²) in [6, 6.07) is 14.0. The van der Waals surface area contributed by atoms with Gasteiger partial charge in [-0.3, -0.25) is 9.59 Å². The molecule has 0 fully saturated rings. The number of rotatable bonds is 3. The molecule has 114 valence electrons. The summed E-state index contributed by atoms with van der Waals surface area (Å²) in [7, 11) is 0. The summed E-state index contributed by atoms with van der Waals surface area (Å²) in [6.07, 6.45) is 0.735. The lowest BCUT2D eigenvalue weighted by Gasteiger charge is -2.10. The molecule has 23 heavy (non-hydrogen) atoms. The first-order valence-corrected chi connectivity index (χ1v) is 7.01. The van der Waals surface area contributed by atoms with Crippen molar-refractivity contribution in [3.8, 4) is 16.9 Å². The van der Waals surface area contributed by atoms with Gasteiger partial charge in [-0.1, -0.05) is 0 Å². The average molecular weight is 308 g/mol. The minimum absolute atomic E-state index is 0.271. The lowest BCUT2D eigenvalue weighted by Crippen LogP contribution is -2.21. The van der Waals surface area contributed by atoms with Gasteiger partial charge in [-0.05, 0) is 61.0 Å². The quantitative estimate of drug-likeness (QED) is 0.698. The smallest absolute Gasteiger partial charge is 0.271 e. The van der Waals surface area contributed by atoms with E-state index in [9.17, 15) is 14.0 Å². The third-order valence-corrected chi connectivity index (χ3v) is 3.51. The monoisotopic (exact) mass is 308 g/mol. The summed E-state index contributed by atoms with van der Waals surface area (Å²) in [5.41, 5.74) is 2.84. The molecule has 1 aromatic heterocycles. The second-order valence-corrected chi connectivity index (χ2v) is 5.14. The second kappa shape index (κ2) is 5.96. The normalized spacial score (nSPS) is 10.5. The summed E-state index contributed by atoms with van der Waals surface area (Å²) in [4.78, 5) is 22.9. The average Bonchev–Trinajstić information content (AvgIpc) is 2.56. The van der Waals surface area contributed by atoms with Gasteiger partial charge < -0.3 is 0 Å². The van der Waals surface area contributed by atoms with Gasteiger partial charge in [0.2, 0.25) is 0 Å². The Labute approximate surface area is 131 Å². The van der Waals surface area contributed by atoms with Gasteiger partial charge in [-0.15, -0.1) is 0 Å². The van der Waals surface area contributed by atoms with Crippen LogP contribution in [0, 0.1) is 12.7 Å². The number of carbonyl (C=O) groups is 1. The number of hydrogen-bond acceptors (Lipinski definition) is 3. The van der Waals surface area contributed by atoms with E-state index in [0.29, 0.717) is 22.5 Å². The molecule has 3 aromatic rings. The van der Waals surface area contributed by atoms with Crippen LogP contribution in [0.4, 0.5) is 4.39 Å². The molecule has 0 spiro atoms. The number of halogens is 1. The largest absolute Gasteiger partial charge is 0.298 e. The van der Waals surface area contributed by atoms with Gasteiger partial charge in [0, 0.05) is 17.2 Å². The van der Waals surface area contributed by atoms with Gasteiger partial charge in [-0.2, -0.15) is 9.78 Å². The maximum absolute atomic E-state index is 13.1. The van der Waals surface area contributed by atoms with E-state index in [-0.39, 0.29) is 11.4 Å². The SMILES string of the molecule is Cc1cc(=O)n(-c2ccc(C=O)cc2)nc1-c1ccc(F)cc1. The number of carbonyl (C=O) groups excluding carboxylic acids is 1. The Morgan fingerprint density at radius 3 is 2.30 bits per heavy atom. The van der Waals surface area contributed by atoms with E-state index in [1.54, 1.807) is 43.3 Å². The van der Waals surface area contributed by atoms with Gasteiger partial charge in [0.1, 0.15) is 12.1 Å².